The van der Waals surface area contributed by atoms with Gasteiger partial charge in [-0.2, -0.15) is 0 Å². The summed E-state index contributed by atoms with van der Waals surface area (Å²) in [5, 5.41) is 3.99. The van der Waals surface area contributed by atoms with Crippen LogP contribution in [-0.2, 0) is 6.54 Å². The molecule has 3 heteroatoms. The molecule has 0 fully saturated rings. The van der Waals surface area contributed by atoms with E-state index in [0.717, 1.165) is 23.7 Å². The van der Waals surface area contributed by atoms with Crippen LogP contribution in [0.1, 0.15) is 45.6 Å². The van der Waals surface area contributed by atoms with Crippen LogP contribution in [0.3, 0.4) is 0 Å². The Morgan fingerprint density at radius 3 is 2.53 bits per heavy atom. The molecule has 0 aromatic heterocycles. The van der Waals surface area contributed by atoms with Gasteiger partial charge in [-0.1, -0.05) is 37.4 Å². The Morgan fingerprint density at radius 2 is 2.00 bits per heavy atom. The van der Waals surface area contributed by atoms with E-state index in [1.165, 1.54) is 24.9 Å². The van der Waals surface area contributed by atoms with Gasteiger partial charge in [0.2, 0.25) is 0 Å². The fraction of sp³-hybridized carbons (Fsp3) is 0.625. The molecule has 0 saturated heterocycles. The molecule has 0 radical (unpaired) electrons. The maximum absolute atomic E-state index is 6.35. The summed E-state index contributed by atoms with van der Waals surface area (Å²) in [6.07, 6.45) is 3.78. The van der Waals surface area contributed by atoms with Crippen molar-refractivity contribution in [1.82, 2.24) is 5.32 Å². The van der Waals surface area contributed by atoms with E-state index in [2.05, 4.69) is 49.2 Å². The molecule has 108 valence electrons. The summed E-state index contributed by atoms with van der Waals surface area (Å²) in [6.45, 7) is 8.63. The Labute approximate surface area is 123 Å². The SMILES string of the molecule is CCCCCN(c1ccc(CNC)c(Cl)c1)C(C)C. The quantitative estimate of drug-likeness (QED) is 0.708. The third-order valence-corrected chi connectivity index (χ3v) is 3.71. The molecule has 0 unspecified atom stereocenters. The number of unbranched alkanes of at least 4 members (excludes halogenated alkanes) is 2. The van der Waals surface area contributed by atoms with Crippen LogP contribution in [0.15, 0.2) is 18.2 Å². The van der Waals surface area contributed by atoms with Gasteiger partial charge < -0.3 is 10.2 Å². The van der Waals surface area contributed by atoms with Crippen molar-refractivity contribution in [1.29, 1.82) is 0 Å². The average Bonchev–Trinajstić information content (AvgIpc) is 2.37. The smallest absolute Gasteiger partial charge is 0.0471 e. The van der Waals surface area contributed by atoms with Gasteiger partial charge in [0.15, 0.2) is 0 Å². The summed E-state index contributed by atoms with van der Waals surface area (Å²) in [5.41, 5.74) is 2.39. The van der Waals surface area contributed by atoms with Crippen LogP contribution in [-0.4, -0.2) is 19.6 Å². The van der Waals surface area contributed by atoms with Gasteiger partial charge in [-0.25, -0.2) is 0 Å². The molecule has 0 aliphatic carbocycles. The highest BCUT2D eigenvalue weighted by atomic mass is 35.5. The molecule has 1 rings (SSSR count). The van der Waals surface area contributed by atoms with Crippen molar-refractivity contribution < 1.29 is 0 Å². The lowest BCUT2D eigenvalue weighted by Crippen LogP contribution is -2.31. The van der Waals surface area contributed by atoms with Crippen molar-refractivity contribution in [2.45, 2.75) is 52.6 Å². The molecule has 1 aromatic rings. The van der Waals surface area contributed by atoms with Crippen molar-refractivity contribution in [3.63, 3.8) is 0 Å². The summed E-state index contributed by atoms with van der Waals surface area (Å²) >= 11 is 6.35. The highest BCUT2D eigenvalue weighted by molar-refractivity contribution is 6.31. The first-order chi connectivity index (χ1) is 9.10. The predicted molar refractivity (Wildman–Crippen MR) is 86.2 cm³/mol. The highest BCUT2D eigenvalue weighted by Crippen LogP contribution is 2.25. The van der Waals surface area contributed by atoms with Gasteiger partial charge in [0.25, 0.3) is 0 Å². The lowest BCUT2D eigenvalue weighted by Gasteiger charge is -2.29. The maximum Gasteiger partial charge on any atom is 0.0471 e. The Morgan fingerprint density at radius 1 is 1.26 bits per heavy atom. The van der Waals surface area contributed by atoms with Gasteiger partial charge in [-0.15, -0.1) is 0 Å². The molecule has 0 amide bonds. The molecule has 0 atom stereocenters. The molecule has 1 N–H and O–H groups in total. The van der Waals surface area contributed by atoms with E-state index in [1.807, 2.05) is 7.05 Å². The molecule has 0 heterocycles. The number of halogens is 1. The third kappa shape index (κ3) is 5.04. The summed E-state index contributed by atoms with van der Waals surface area (Å²) in [4.78, 5) is 2.44. The Kier molecular flexibility index (Phi) is 7.25. The van der Waals surface area contributed by atoms with Gasteiger partial charge in [-0.05, 0) is 45.0 Å². The van der Waals surface area contributed by atoms with Crippen LogP contribution >= 0.6 is 11.6 Å². The van der Waals surface area contributed by atoms with Gasteiger partial charge in [-0.3, -0.25) is 0 Å². The summed E-state index contributed by atoms with van der Waals surface area (Å²) < 4.78 is 0. The molecule has 0 aliphatic rings. The maximum atomic E-state index is 6.35. The zero-order chi connectivity index (χ0) is 14.3. The minimum absolute atomic E-state index is 0.503. The van der Waals surface area contributed by atoms with Gasteiger partial charge in [0, 0.05) is 29.8 Å². The van der Waals surface area contributed by atoms with Crippen LogP contribution in [0, 0.1) is 0 Å². The summed E-state index contributed by atoms with van der Waals surface area (Å²) in [6, 6.07) is 6.91. The van der Waals surface area contributed by atoms with Gasteiger partial charge in [0.05, 0.1) is 0 Å². The number of anilines is 1. The van der Waals surface area contributed by atoms with Crippen LogP contribution in [0.25, 0.3) is 0 Å². The highest BCUT2D eigenvalue weighted by Gasteiger charge is 2.11. The van der Waals surface area contributed by atoms with E-state index >= 15 is 0 Å². The van der Waals surface area contributed by atoms with E-state index in [4.69, 9.17) is 11.6 Å². The Bertz CT molecular complexity index is 377. The van der Waals surface area contributed by atoms with Crippen LogP contribution in [0.2, 0.25) is 5.02 Å². The third-order valence-electron chi connectivity index (χ3n) is 3.36. The normalized spacial score (nSPS) is 11.1. The zero-order valence-electron chi connectivity index (χ0n) is 12.7. The largest absolute Gasteiger partial charge is 0.369 e. The minimum Gasteiger partial charge on any atom is -0.369 e. The molecule has 0 aliphatic heterocycles. The number of hydrogen-bond donors (Lipinski definition) is 1. The first-order valence-electron chi connectivity index (χ1n) is 7.29. The lowest BCUT2D eigenvalue weighted by molar-refractivity contribution is 0.626. The molecular formula is C16H27ClN2. The van der Waals surface area contributed by atoms with E-state index in [-0.39, 0.29) is 0 Å². The number of rotatable bonds is 8. The van der Waals surface area contributed by atoms with Gasteiger partial charge in [0.1, 0.15) is 0 Å². The molecule has 0 spiro atoms. The second-order valence-electron chi connectivity index (χ2n) is 5.30. The van der Waals surface area contributed by atoms with E-state index in [1.54, 1.807) is 0 Å². The number of nitrogens with zero attached hydrogens (tertiary/aromatic N) is 1. The molecule has 1 aromatic carbocycles. The van der Waals surface area contributed by atoms with E-state index in [9.17, 15) is 0 Å². The fourth-order valence-electron chi connectivity index (χ4n) is 2.27. The van der Waals surface area contributed by atoms with E-state index in [0.29, 0.717) is 6.04 Å². The van der Waals surface area contributed by atoms with Crippen molar-refractivity contribution >= 4 is 17.3 Å². The Balaban J connectivity index is 2.81. The van der Waals surface area contributed by atoms with Crippen molar-refractivity contribution in [2.75, 3.05) is 18.5 Å². The molecule has 2 nitrogen and oxygen atoms in total. The summed E-state index contributed by atoms with van der Waals surface area (Å²) in [5.74, 6) is 0. The second kappa shape index (κ2) is 8.44. The zero-order valence-corrected chi connectivity index (χ0v) is 13.4. The number of nitrogens with one attached hydrogen (secondary N) is 1. The van der Waals surface area contributed by atoms with Crippen LogP contribution in [0.4, 0.5) is 5.69 Å². The number of hydrogen-bond acceptors (Lipinski definition) is 2. The monoisotopic (exact) mass is 282 g/mol. The predicted octanol–water partition coefficient (Wildman–Crippen LogP) is 4.46. The topological polar surface area (TPSA) is 15.3 Å². The molecule has 19 heavy (non-hydrogen) atoms. The van der Waals surface area contributed by atoms with Crippen LogP contribution < -0.4 is 10.2 Å². The first-order valence-corrected chi connectivity index (χ1v) is 7.67. The van der Waals surface area contributed by atoms with Gasteiger partial charge >= 0.3 is 0 Å². The van der Waals surface area contributed by atoms with Crippen molar-refractivity contribution in [3.05, 3.63) is 28.8 Å². The Hall–Kier alpha value is -0.730. The molecular weight excluding hydrogens is 256 g/mol. The summed E-state index contributed by atoms with van der Waals surface area (Å²) in [7, 11) is 1.94. The van der Waals surface area contributed by atoms with Crippen molar-refractivity contribution in [3.8, 4) is 0 Å². The molecule has 0 bridgehead atoms. The van der Waals surface area contributed by atoms with E-state index < -0.39 is 0 Å². The minimum atomic E-state index is 0.503. The average molecular weight is 283 g/mol. The molecule has 0 saturated carbocycles. The van der Waals surface area contributed by atoms with Crippen molar-refractivity contribution in [2.24, 2.45) is 0 Å². The first kappa shape index (κ1) is 16.3. The fourth-order valence-corrected chi connectivity index (χ4v) is 2.51. The number of benzene rings is 1. The van der Waals surface area contributed by atoms with Crippen LogP contribution in [0.5, 0.6) is 0 Å². The standard InChI is InChI=1S/C16H27ClN2/c1-5-6-7-10-19(13(2)3)15-9-8-14(12-18-4)16(17)11-15/h8-9,11,13,18H,5-7,10,12H2,1-4H3. The second-order valence-corrected chi connectivity index (χ2v) is 5.71. The lowest BCUT2D eigenvalue weighted by atomic mass is 10.1.